The molecule has 1 aromatic rings. The number of allylic oxidation sites excluding steroid dienone is 6. The van der Waals surface area contributed by atoms with Gasteiger partial charge in [-0.25, -0.2) is 0 Å². The molecule has 8 nitrogen and oxygen atoms in total. The van der Waals surface area contributed by atoms with Crippen LogP contribution in [0.4, 0.5) is 5.69 Å². The Hall–Kier alpha value is -4.30. The molecule has 1 aliphatic heterocycles. The lowest BCUT2D eigenvalue weighted by molar-refractivity contribution is -0.182. The fourth-order valence-corrected chi connectivity index (χ4v) is 2.61. The molecule has 0 fully saturated rings. The summed E-state index contributed by atoms with van der Waals surface area (Å²) in [6.45, 7) is 4.32. The number of anilines is 1. The largest absolute Gasteiger partial charge is 0.462 e. The molecule has 1 heterocycles. The summed E-state index contributed by atoms with van der Waals surface area (Å²) in [7, 11) is 0. The monoisotopic (exact) mass is 419 g/mol. The van der Waals surface area contributed by atoms with Crippen molar-refractivity contribution in [3.63, 3.8) is 0 Å². The van der Waals surface area contributed by atoms with Crippen LogP contribution in [0.2, 0.25) is 0 Å². The molecule has 0 bridgehead atoms. The lowest BCUT2D eigenvalue weighted by atomic mass is 10.1. The van der Waals surface area contributed by atoms with E-state index in [4.69, 9.17) is 24.7 Å². The Balaban J connectivity index is 2.04. The molecule has 158 valence electrons. The highest BCUT2D eigenvalue weighted by Crippen LogP contribution is 2.23. The molecular formula is C23H21N3O5. The van der Waals surface area contributed by atoms with E-state index in [1.54, 1.807) is 25.2 Å². The number of esters is 2. The number of carbonyl (C=O) groups excluding carboxylic acids is 2. The van der Waals surface area contributed by atoms with Gasteiger partial charge in [-0.15, -0.1) is 0 Å². The van der Waals surface area contributed by atoms with Crippen molar-refractivity contribution < 1.29 is 23.8 Å². The molecule has 0 amide bonds. The minimum atomic E-state index is -1.02. The molecule has 0 aliphatic carbocycles. The molecule has 1 aromatic carbocycles. The second-order valence-electron chi connectivity index (χ2n) is 6.44. The summed E-state index contributed by atoms with van der Waals surface area (Å²) >= 11 is 0. The normalized spacial score (nSPS) is 12.8. The van der Waals surface area contributed by atoms with E-state index in [0.29, 0.717) is 17.1 Å². The van der Waals surface area contributed by atoms with Crippen LogP contribution in [-0.2, 0) is 23.8 Å². The van der Waals surface area contributed by atoms with Crippen molar-refractivity contribution in [3.8, 4) is 12.1 Å². The summed E-state index contributed by atoms with van der Waals surface area (Å²) in [5.74, 6) is -0.0133. The van der Waals surface area contributed by atoms with Gasteiger partial charge < -0.3 is 19.5 Å². The molecule has 8 heteroatoms. The maximum atomic E-state index is 11.1. The first-order chi connectivity index (χ1) is 14.8. The molecule has 0 aromatic heterocycles. The Bertz CT molecular complexity index is 1020. The molecular weight excluding hydrogens is 398 g/mol. The van der Waals surface area contributed by atoms with Crippen LogP contribution >= 0.6 is 0 Å². The highest BCUT2D eigenvalue weighted by Gasteiger charge is 2.15. The number of nitriles is 2. The Kier molecular flexibility index (Phi) is 8.18. The highest BCUT2D eigenvalue weighted by molar-refractivity contribution is 5.68. The summed E-state index contributed by atoms with van der Waals surface area (Å²) < 4.78 is 15.5. The second kappa shape index (κ2) is 11.0. The van der Waals surface area contributed by atoms with Gasteiger partial charge in [0.15, 0.2) is 0 Å². The van der Waals surface area contributed by atoms with Gasteiger partial charge in [-0.05, 0) is 42.8 Å². The van der Waals surface area contributed by atoms with E-state index in [1.165, 1.54) is 13.8 Å². The number of ether oxygens (including phenoxy) is 3. The third-order valence-electron chi connectivity index (χ3n) is 3.87. The van der Waals surface area contributed by atoms with Crippen LogP contribution in [0.1, 0.15) is 26.3 Å². The van der Waals surface area contributed by atoms with Crippen molar-refractivity contribution in [2.24, 2.45) is 0 Å². The van der Waals surface area contributed by atoms with Crippen molar-refractivity contribution >= 4 is 23.7 Å². The molecule has 0 unspecified atom stereocenters. The van der Waals surface area contributed by atoms with E-state index in [-0.39, 0.29) is 12.1 Å². The predicted octanol–water partition coefficient (Wildman–Crippen LogP) is 3.73. The molecule has 1 N–H and O–H groups in total. The van der Waals surface area contributed by atoms with Gasteiger partial charge in [-0.3, -0.25) is 9.59 Å². The number of nitrogens with zero attached hydrogens (tertiary/aromatic N) is 2. The van der Waals surface area contributed by atoms with Crippen molar-refractivity contribution in [2.75, 3.05) is 11.9 Å². The van der Waals surface area contributed by atoms with Gasteiger partial charge in [0.1, 0.15) is 29.2 Å². The van der Waals surface area contributed by atoms with Crippen molar-refractivity contribution in [1.29, 1.82) is 10.5 Å². The maximum Gasteiger partial charge on any atom is 0.305 e. The molecule has 2 rings (SSSR count). The minimum Gasteiger partial charge on any atom is -0.462 e. The number of benzene rings is 1. The number of hydrogen-bond donors (Lipinski definition) is 1. The number of carbonyl (C=O) groups is 2. The first-order valence-corrected chi connectivity index (χ1v) is 9.29. The molecule has 0 saturated heterocycles. The molecule has 0 spiro atoms. The van der Waals surface area contributed by atoms with E-state index in [1.807, 2.05) is 42.5 Å². The number of rotatable bonds is 7. The van der Waals surface area contributed by atoms with Gasteiger partial charge >= 0.3 is 11.9 Å². The topological polar surface area (TPSA) is 121 Å². The zero-order chi connectivity index (χ0) is 22.8. The van der Waals surface area contributed by atoms with E-state index in [2.05, 4.69) is 5.32 Å². The van der Waals surface area contributed by atoms with Gasteiger partial charge in [0.2, 0.25) is 0 Å². The summed E-state index contributed by atoms with van der Waals surface area (Å²) in [5.41, 5.74) is 2.14. The Labute approximate surface area is 180 Å². The van der Waals surface area contributed by atoms with Gasteiger partial charge in [-0.2, -0.15) is 10.5 Å². The van der Waals surface area contributed by atoms with Crippen LogP contribution < -0.4 is 5.32 Å². The molecule has 0 atom stereocenters. The summed E-state index contributed by atoms with van der Waals surface area (Å²) in [6.07, 6.45) is 5.81. The summed E-state index contributed by atoms with van der Waals surface area (Å²) in [4.78, 5) is 22.2. The van der Waals surface area contributed by atoms with Crippen LogP contribution in [-0.4, -0.2) is 24.8 Å². The highest BCUT2D eigenvalue weighted by atomic mass is 16.7. The Morgan fingerprint density at radius 1 is 1.06 bits per heavy atom. The van der Waals surface area contributed by atoms with E-state index < -0.39 is 18.2 Å². The third kappa shape index (κ3) is 7.56. The average Bonchev–Trinajstić information content (AvgIpc) is 2.71. The van der Waals surface area contributed by atoms with Crippen LogP contribution in [0.25, 0.3) is 6.08 Å². The molecule has 0 radical (unpaired) electrons. The summed E-state index contributed by atoms with van der Waals surface area (Å²) in [6, 6.07) is 11.1. The zero-order valence-corrected chi connectivity index (χ0v) is 17.3. The van der Waals surface area contributed by atoms with Gasteiger partial charge in [0.05, 0.1) is 6.54 Å². The summed E-state index contributed by atoms with van der Waals surface area (Å²) in [5, 5.41) is 21.1. The van der Waals surface area contributed by atoms with Gasteiger partial charge in [0, 0.05) is 25.1 Å². The maximum absolute atomic E-state index is 11.1. The van der Waals surface area contributed by atoms with Crippen molar-refractivity contribution in [2.45, 2.75) is 27.1 Å². The quantitative estimate of drug-likeness (QED) is 0.403. The van der Waals surface area contributed by atoms with Crippen molar-refractivity contribution in [3.05, 3.63) is 70.7 Å². The molecule has 0 saturated carbocycles. The van der Waals surface area contributed by atoms with Crippen molar-refractivity contribution in [1.82, 2.24) is 0 Å². The van der Waals surface area contributed by atoms with Crippen LogP contribution in [0.15, 0.2) is 65.2 Å². The van der Waals surface area contributed by atoms with Gasteiger partial charge in [-0.1, -0.05) is 18.2 Å². The fraction of sp³-hybridized carbons (Fsp3) is 0.217. The lowest BCUT2D eigenvalue weighted by Gasteiger charge is -2.17. The standard InChI is InChI=1S/C23H21N3O5/c1-15-10-19(20(12-24)13-25)11-22(29-15)9-6-18-4-7-21(8-5-18)26-14-23(30-16(2)27)31-17(3)28/h4-11,23,26H,14H2,1-3H3. The molecule has 1 aliphatic rings. The van der Waals surface area contributed by atoms with E-state index in [9.17, 15) is 9.59 Å². The van der Waals surface area contributed by atoms with E-state index >= 15 is 0 Å². The zero-order valence-electron chi connectivity index (χ0n) is 17.3. The first kappa shape index (κ1) is 23.0. The fourth-order valence-electron chi connectivity index (χ4n) is 2.61. The number of nitrogens with one attached hydrogen (secondary N) is 1. The smallest absolute Gasteiger partial charge is 0.305 e. The van der Waals surface area contributed by atoms with Crippen LogP contribution in [0.5, 0.6) is 0 Å². The third-order valence-corrected chi connectivity index (χ3v) is 3.87. The predicted molar refractivity (Wildman–Crippen MR) is 112 cm³/mol. The van der Waals surface area contributed by atoms with Crippen LogP contribution in [0, 0.1) is 22.7 Å². The Morgan fingerprint density at radius 3 is 2.23 bits per heavy atom. The number of hydrogen-bond acceptors (Lipinski definition) is 8. The van der Waals surface area contributed by atoms with Crippen LogP contribution in [0.3, 0.4) is 0 Å². The first-order valence-electron chi connectivity index (χ1n) is 9.29. The average molecular weight is 419 g/mol. The minimum absolute atomic E-state index is 0.0183. The Morgan fingerprint density at radius 2 is 1.68 bits per heavy atom. The molecule has 31 heavy (non-hydrogen) atoms. The van der Waals surface area contributed by atoms with Gasteiger partial charge in [0.25, 0.3) is 6.29 Å². The SMILES string of the molecule is CC(=O)OC(CNc1ccc(C=CC2=CC(=C(C#N)C#N)C=C(C)O2)cc1)OC(C)=O. The van der Waals surface area contributed by atoms with E-state index in [0.717, 1.165) is 11.3 Å². The lowest BCUT2D eigenvalue weighted by Crippen LogP contribution is -2.29. The second-order valence-corrected chi connectivity index (χ2v) is 6.44.